The van der Waals surface area contributed by atoms with Crippen LogP contribution in [0.2, 0.25) is 0 Å². The van der Waals surface area contributed by atoms with Gasteiger partial charge in [-0.2, -0.15) is 0 Å². The van der Waals surface area contributed by atoms with Gasteiger partial charge in [-0.3, -0.25) is 14.2 Å². The van der Waals surface area contributed by atoms with Crippen LogP contribution in [0.1, 0.15) is 258 Å². The molecule has 0 saturated heterocycles. The average Bonchev–Trinajstić information content (AvgIpc) is 3.42. The molecule has 0 fully saturated rings. The second kappa shape index (κ2) is 60.0. The first-order valence-electron chi connectivity index (χ1n) is 32.2. The molecule has 2 atom stereocenters. The smallest absolute Gasteiger partial charge is 0.306 e. The molecule has 0 aliphatic carbocycles. The van der Waals surface area contributed by atoms with Gasteiger partial charge in [-0.05, 0) is 109 Å². The highest BCUT2D eigenvalue weighted by Gasteiger charge is 2.22. The summed E-state index contributed by atoms with van der Waals surface area (Å²) in [5, 5.41) is 0. The molecular formula is C70H120NO8P. The molecule has 10 heteroatoms. The number of allylic oxidation sites excluding steroid dienone is 20. The molecule has 9 nitrogen and oxygen atoms in total. The third-order valence-corrected chi connectivity index (χ3v) is 14.4. The van der Waals surface area contributed by atoms with Crippen molar-refractivity contribution < 1.29 is 42.1 Å². The van der Waals surface area contributed by atoms with Gasteiger partial charge in [0.2, 0.25) is 0 Å². The standard InChI is InChI=1S/C70H120NO8P/c1-6-8-10-12-14-16-18-20-22-24-26-28-30-31-32-33-34-35-36-37-38-39-41-43-45-47-49-51-53-55-57-59-61-63-70(73)79-68(67-78-80(74,75)77-65-64-71(3,4)5)66-76-69(72)62-60-58-56-54-52-50-48-46-44-42-40-29-27-25-23-21-19-17-15-13-11-9-7-2/h8,10,14,16,20,22,25-28,31-32,34-35,37-38,41,43,47,49,68H,6-7,9,11-13,15,17-19,21,23-24,29-30,33,36,39-40,42,44-46,48,50-67H2,1-5H3/b10-8-,16-14-,22-20-,27-25-,28-26-,32-31-,35-34-,38-37-,43-41-,49-47-. The lowest BCUT2D eigenvalue weighted by Crippen LogP contribution is -2.37. The van der Waals surface area contributed by atoms with E-state index in [0.29, 0.717) is 17.4 Å². The Balaban J connectivity index is 4.20. The first-order chi connectivity index (χ1) is 39.0. The highest BCUT2D eigenvalue weighted by molar-refractivity contribution is 7.45. The lowest BCUT2D eigenvalue weighted by molar-refractivity contribution is -0.870. The van der Waals surface area contributed by atoms with Gasteiger partial charge in [0, 0.05) is 12.8 Å². The number of hydrogen-bond donors (Lipinski definition) is 0. The molecule has 80 heavy (non-hydrogen) atoms. The molecule has 0 spiro atoms. The van der Waals surface area contributed by atoms with Crippen LogP contribution in [0.15, 0.2) is 122 Å². The summed E-state index contributed by atoms with van der Waals surface area (Å²) in [6.07, 6.45) is 85.4. The number of phosphoric acid groups is 1. The van der Waals surface area contributed by atoms with E-state index in [2.05, 4.69) is 135 Å². The monoisotopic (exact) mass is 1130 g/mol. The van der Waals surface area contributed by atoms with Crippen molar-refractivity contribution in [1.29, 1.82) is 0 Å². The molecule has 0 N–H and O–H groups in total. The predicted molar refractivity (Wildman–Crippen MR) is 341 cm³/mol. The second-order valence-corrected chi connectivity index (χ2v) is 23.8. The van der Waals surface area contributed by atoms with Crippen molar-refractivity contribution in [3.8, 4) is 0 Å². The van der Waals surface area contributed by atoms with Crippen LogP contribution < -0.4 is 4.89 Å². The van der Waals surface area contributed by atoms with E-state index >= 15 is 0 Å². The number of ether oxygens (including phenoxy) is 2. The summed E-state index contributed by atoms with van der Waals surface area (Å²) in [7, 11) is 1.14. The second-order valence-electron chi connectivity index (χ2n) is 22.4. The Bertz CT molecular complexity index is 1760. The van der Waals surface area contributed by atoms with E-state index in [1.807, 2.05) is 21.1 Å². The number of likely N-dealkylation sites (N-methyl/N-ethyl adjacent to an activating group) is 1. The Morgan fingerprint density at radius 2 is 0.713 bits per heavy atom. The topological polar surface area (TPSA) is 111 Å². The van der Waals surface area contributed by atoms with Crippen molar-refractivity contribution in [2.45, 2.75) is 264 Å². The van der Waals surface area contributed by atoms with E-state index in [4.69, 9.17) is 18.5 Å². The van der Waals surface area contributed by atoms with E-state index in [0.717, 1.165) is 109 Å². The molecular weight excluding hydrogens is 1010 g/mol. The van der Waals surface area contributed by atoms with E-state index < -0.39 is 32.5 Å². The van der Waals surface area contributed by atoms with Crippen molar-refractivity contribution in [3.63, 3.8) is 0 Å². The Hall–Kier alpha value is -3.59. The average molecular weight is 1130 g/mol. The Kier molecular flexibility index (Phi) is 57.3. The number of nitrogens with zero attached hydrogens (tertiary/aromatic N) is 1. The fraction of sp³-hybridized carbons (Fsp3) is 0.686. The molecule has 0 rings (SSSR count). The van der Waals surface area contributed by atoms with Gasteiger partial charge < -0.3 is 27.9 Å². The zero-order valence-corrected chi connectivity index (χ0v) is 52.9. The van der Waals surface area contributed by atoms with Crippen molar-refractivity contribution >= 4 is 19.8 Å². The summed E-state index contributed by atoms with van der Waals surface area (Å²) in [5.41, 5.74) is 0. The van der Waals surface area contributed by atoms with Crippen molar-refractivity contribution in [2.75, 3.05) is 47.5 Å². The number of unbranched alkanes of at least 4 members (excludes halogenated alkanes) is 24. The maximum Gasteiger partial charge on any atom is 0.306 e. The third-order valence-electron chi connectivity index (χ3n) is 13.5. The van der Waals surface area contributed by atoms with Gasteiger partial charge in [-0.25, -0.2) is 0 Å². The quantitative estimate of drug-likeness (QED) is 0.0195. The van der Waals surface area contributed by atoms with Crippen LogP contribution in [0.5, 0.6) is 0 Å². The maximum atomic E-state index is 12.8. The minimum atomic E-state index is -4.65. The minimum Gasteiger partial charge on any atom is -0.756 e. The van der Waals surface area contributed by atoms with Crippen LogP contribution in [-0.2, 0) is 32.7 Å². The summed E-state index contributed by atoms with van der Waals surface area (Å²) in [6, 6.07) is 0. The summed E-state index contributed by atoms with van der Waals surface area (Å²) < 4.78 is 34.2. The molecule has 0 amide bonds. The molecule has 0 saturated carbocycles. The van der Waals surface area contributed by atoms with Crippen LogP contribution in [0, 0.1) is 0 Å². The third kappa shape index (κ3) is 63.6. The molecule has 0 aliphatic rings. The number of esters is 2. The van der Waals surface area contributed by atoms with Gasteiger partial charge in [0.15, 0.2) is 6.10 Å². The van der Waals surface area contributed by atoms with E-state index in [-0.39, 0.29) is 26.1 Å². The molecule has 0 heterocycles. The molecule has 0 bridgehead atoms. The normalized spacial score (nSPS) is 14.0. The van der Waals surface area contributed by atoms with Crippen molar-refractivity contribution in [1.82, 2.24) is 0 Å². The lowest BCUT2D eigenvalue weighted by Gasteiger charge is -2.28. The van der Waals surface area contributed by atoms with Crippen LogP contribution >= 0.6 is 7.82 Å². The molecule has 0 aliphatic heterocycles. The Morgan fingerprint density at radius 1 is 0.400 bits per heavy atom. The van der Waals surface area contributed by atoms with Gasteiger partial charge in [-0.15, -0.1) is 0 Å². The lowest BCUT2D eigenvalue weighted by atomic mass is 10.0. The van der Waals surface area contributed by atoms with Crippen LogP contribution in [-0.4, -0.2) is 70.0 Å². The van der Waals surface area contributed by atoms with E-state index in [9.17, 15) is 19.0 Å². The largest absolute Gasteiger partial charge is 0.756 e. The highest BCUT2D eigenvalue weighted by Crippen LogP contribution is 2.38. The zero-order valence-electron chi connectivity index (χ0n) is 52.0. The Morgan fingerprint density at radius 3 is 1.07 bits per heavy atom. The predicted octanol–water partition coefficient (Wildman–Crippen LogP) is 20.1. The maximum absolute atomic E-state index is 12.8. The molecule has 2 unspecified atom stereocenters. The Labute approximate surface area is 492 Å². The minimum absolute atomic E-state index is 0.0408. The fourth-order valence-electron chi connectivity index (χ4n) is 8.53. The number of quaternary nitrogens is 1. The number of rotatable bonds is 58. The fourth-order valence-corrected chi connectivity index (χ4v) is 9.25. The molecule has 0 aromatic carbocycles. The van der Waals surface area contributed by atoms with Crippen LogP contribution in [0.3, 0.4) is 0 Å². The first-order valence-corrected chi connectivity index (χ1v) is 33.7. The number of phosphoric ester groups is 1. The van der Waals surface area contributed by atoms with E-state index in [1.54, 1.807) is 0 Å². The molecule has 0 aromatic heterocycles. The van der Waals surface area contributed by atoms with Crippen molar-refractivity contribution in [2.24, 2.45) is 0 Å². The summed E-state index contributed by atoms with van der Waals surface area (Å²) in [6.45, 7) is 4.11. The van der Waals surface area contributed by atoms with Crippen molar-refractivity contribution in [3.05, 3.63) is 122 Å². The van der Waals surface area contributed by atoms with Gasteiger partial charge in [0.05, 0.1) is 27.7 Å². The highest BCUT2D eigenvalue weighted by atomic mass is 31.2. The number of hydrogen-bond acceptors (Lipinski definition) is 8. The van der Waals surface area contributed by atoms with Crippen LogP contribution in [0.4, 0.5) is 0 Å². The first kappa shape index (κ1) is 76.4. The van der Waals surface area contributed by atoms with Gasteiger partial charge in [0.1, 0.15) is 19.8 Å². The zero-order chi connectivity index (χ0) is 58.4. The number of carbonyl (C=O) groups is 2. The molecule has 0 radical (unpaired) electrons. The van der Waals surface area contributed by atoms with Crippen LogP contribution in [0.25, 0.3) is 0 Å². The van der Waals surface area contributed by atoms with E-state index in [1.165, 1.54) is 116 Å². The summed E-state index contributed by atoms with van der Waals surface area (Å²) in [5.74, 6) is -0.859. The summed E-state index contributed by atoms with van der Waals surface area (Å²) in [4.78, 5) is 38.0. The van der Waals surface area contributed by atoms with Gasteiger partial charge >= 0.3 is 11.9 Å². The SMILES string of the molecule is CC/C=C\C/C=C\C/C=C\C/C=C\C/C=C\C/C=C\C/C=C\C/C=C\C/C=C\CCCCCCCC(=O)OC(COC(=O)CCCCCCCCCCCCC/C=C\CCCCCCCCCC)COP(=O)([O-])OCC[N+](C)(C)C. The summed E-state index contributed by atoms with van der Waals surface area (Å²) >= 11 is 0. The molecule has 458 valence electrons. The van der Waals surface area contributed by atoms with Gasteiger partial charge in [-0.1, -0.05) is 257 Å². The molecule has 0 aromatic rings. The number of carbonyl (C=O) groups excluding carboxylic acids is 2. The van der Waals surface area contributed by atoms with Gasteiger partial charge in [0.25, 0.3) is 7.82 Å².